The Hall–Kier alpha value is -3.03. The Balaban J connectivity index is 2.06. The Morgan fingerprint density at radius 3 is 2.48 bits per heavy atom. The Kier molecular flexibility index (Phi) is 4.35. The fraction of sp³-hybridized carbons (Fsp3) is 0.176. The average molecular weight is 349 g/mol. The molecule has 0 fully saturated rings. The fourth-order valence-corrected chi connectivity index (χ4v) is 2.45. The van der Waals surface area contributed by atoms with Gasteiger partial charge in [0.2, 0.25) is 0 Å². The summed E-state index contributed by atoms with van der Waals surface area (Å²) >= 11 is 0. The van der Waals surface area contributed by atoms with Crippen LogP contribution in [0.4, 0.5) is 24.7 Å². The number of hydrogen-bond donors (Lipinski definition) is 1. The molecule has 5 nitrogen and oxygen atoms in total. The second kappa shape index (κ2) is 6.46. The summed E-state index contributed by atoms with van der Waals surface area (Å²) in [7, 11) is 2.99. The first-order valence-electron chi connectivity index (χ1n) is 7.24. The minimum Gasteiger partial charge on any atom is -0.493 e. The van der Waals surface area contributed by atoms with E-state index in [9.17, 15) is 13.2 Å². The molecular formula is C17H14F3N3O2. The zero-order chi connectivity index (χ0) is 18.0. The molecule has 0 amide bonds. The monoisotopic (exact) mass is 349 g/mol. The summed E-state index contributed by atoms with van der Waals surface area (Å²) in [5.41, 5.74) is 0.0195. The number of aromatic nitrogens is 2. The number of halogens is 3. The van der Waals surface area contributed by atoms with Gasteiger partial charge in [0, 0.05) is 11.1 Å². The van der Waals surface area contributed by atoms with Gasteiger partial charge < -0.3 is 14.8 Å². The number of hydrogen-bond acceptors (Lipinski definition) is 5. The van der Waals surface area contributed by atoms with E-state index in [0.717, 1.165) is 12.1 Å². The number of nitrogens with one attached hydrogen (secondary N) is 1. The van der Waals surface area contributed by atoms with Gasteiger partial charge in [0.1, 0.15) is 17.7 Å². The number of fused-ring (bicyclic) bond motifs is 1. The third-order valence-corrected chi connectivity index (χ3v) is 3.60. The normalized spacial score (nSPS) is 11.4. The van der Waals surface area contributed by atoms with E-state index in [1.165, 1.54) is 32.7 Å². The number of ether oxygens (including phenoxy) is 2. The van der Waals surface area contributed by atoms with E-state index in [2.05, 4.69) is 15.3 Å². The van der Waals surface area contributed by atoms with Crippen molar-refractivity contribution in [3.63, 3.8) is 0 Å². The molecule has 2 aromatic carbocycles. The standard InChI is InChI=1S/C17H14F3N3O2/c1-24-13-7-6-12-14(15(13)25-2)21-9-22-16(12)23-11-5-3-4-10(8-11)17(18,19)20/h3-9H,1-2H3,(H,21,22,23). The molecule has 130 valence electrons. The molecule has 0 spiro atoms. The summed E-state index contributed by atoms with van der Waals surface area (Å²) in [4.78, 5) is 8.31. The van der Waals surface area contributed by atoms with Crippen LogP contribution in [0.15, 0.2) is 42.7 Å². The van der Waals surface area contributed by atoms with E-state index in [0.29, 0.717) is 28.2 Å². The summed E-state index contributed by atoms with van der Waals surface area (Å²) in [6, 6.07) is 8.29. The van der Waals surface area contributed by atoms with Crippen molar-refractivity contribution in [2.45, 2.75) is 6.18 Å². The summed E-state index contributed by atoms with van der Waals surface area (Å²) in [6.07, 6.45) is -3.11. The predicted molar refractivity (Wildman–Crippen MR) is 87.4 cm³/mol. The van der Waals surface area contributed by atoms with Crippen LogP contribution in [0.2, 0.25) is 0 Å². The van der Waals surface area contributed by atoms with Crippen LogP contribution >= 0.6 is 0 Å². The van der Waals surface area contributed by atoms with Crippen molar-refractivity contribution < 1.29 is 22.6 Å². The van der Waals surface area contributed by atoms with Crippen molar-refractivity contribution in [2.24, 2.45) is 0 Å². The van der Waals surface area contributed by atoms with Crippen LogP contribution in [-0.4, -0.2) is 24.2 Å². The van der Waals surface area contributed by atoms with E-state index < -0.39 is 11.7 Å². The summed E-state index contributed by atoms with van der Waals surface area (Å²) < 4.78 is 49.1. The van der Waals surface area contributed by atoms with Crippen molar-refractivity contribution in [2.75, 3.05) is 19.5 Å². The van der Waals surface area contributed by atoms with Gasteiger partial charge in [-0.05, 0) is 30.3 Å². The van der Waals surface area contributed by atoms with Crippen LogP contribution in [0.25, 0.3) is 10.9 Å². The number of alkyl halides is 3. The minimum absolute atomic E-state index is 0.268. The van der Waals surface area contributed by atoms with E-state index in [-0.39, 0.29) is 5.69 Å². The molecule has 0 unspecified atom stereocenters. The molecule has 0 aliphatic rings. The summed E-state index contributed by atoms with van der Waals surface area (Å²) in [5.74, 6) is 1.29. The number of nitrogens with zero attached hydrogens (tertiary/aromatic N) is 2. The lowest BCUT2D eigenvalue weighted by Crippen LogP contribution is -2.05. The molecule has 3 aromatic rings. The molecule has 0 aliphatic carbocycles. The fourth-order valence-electron chi connectivity index (χ4n) is 2.45. The maximum absolute atomic E-state index is 12.9. The highest BCUT2D eigenvalue weighted by Crippen LogP contribution is 2.37. The van der Waals surface area contributed by atoms with E-state index >= 15 is 0 Å². The highest BCUT2D eigenvalue weighted by atomic mass is 19.4. The van der Waals surface area contributed by atoms with Crippen LogP contribution in [-0.2, 0) is 6.18 Å². The molecule has 8 heteroatoms. The number of anilines is 2. The highest BCUT2D eigenvalue weighted by Gasteiger charge is 2.30. The van der Waals surface area contributed by atoms with Crippen molar-refractivity contribution in [3.05, 3.63) is 48.3 Å². The molecule has 0 saturated carbocycles. The van der Waals surface area contributed by atoms with Gasteiger partial charge in [-0.15, -0.1) is 0 Å². The van der Waals surface area contributed by atoms with Crippen LogP contribution in [0.5, 0.6) is 11.5 Å². The van der Waals surface area contributed by atoms with Gasteiger partial charge in [-0.2, -0.15) is 13.2 Å². The maximum atomic E-state index is 12.9. The lowest BCUT2D eigenvalue weighted by atomic mass is 10.1. The Morgan fingerprint density at radius 2 is 1.80 bits per heavy atom. The first-order chi connectivity index (χ1) is 11.9. The van der Waals surface area contributed by atoms with Crippen LogP contribution in [0.3, 0.4) is 0 Å². The molecule has 25 heavy (non-hydrogen) atoms. The topological polar surface area (TPSA) is 56.3 Å². The molecule has 0 saturated heterocycles. The molecule has 1 heterocycles. The second-order valence-corrected chi connectivity index (χ2v) is 5.12. The van der Waals surface area contributed by atoms with Crippen LogP contribution in [0, 0.1) is 0 Å². The first kappa shape index (κ1) is 16.8. The molecule has 1 N–H and O–H groups in total. The van der Waals surface area contributed by atoms with Crippen molar-refractivity contribution >= 4 is 22.4 Å². The highest BCUT2D eigenvalue weighted by molar-refractivity contribution is 5.95. The third kappa shape index (κ3) is 3.28. The molecule has 1 aromatic heterocycles. The lowest BCUT2D eigenvalue weighted by molar-refractivity contribution is -0.137. The second-order valence-electron chi connectivity index (χ2n) is 5.12. The largest absolute Gasteiger partial charge is 0.493 e. The number of methoxy groups -OCH3 is 2. The SMILES string of the molecule is COc1ccc2c(Nc3cccc(C(F)(F)F)c3)ncnc2c1OC. The third-order valence-electron chi connectivity index (χ3n) is 3.60. The minimum atomic E-state index is -4.41. The first-order valence-corrected chi connectivity index (χ1v) is 7.24. The number of rotatable bonds is 4. The molecular weight excluding hydrogens is 335 g/mol. The summed E-state index contributed by atoms with van der Waals surface area (Å²) in [5, 5.41) is 3.50. The predicted octanol–water partition coefficient (Wildman–Crippen LogP) is 4.41. The van der Waals surface area contributed by atoms with Crippen LogP contribution < -0.4 is 14.8 Å². The average Bonchev–Trinajstić information content (AvgIpc) is 2.60. The molecule has 0 radical (unpaired) electrons. The van der Waals surface area contributed by atoms with E-state index in [1.807, 2.05) is 0 Å². The van der Waals surface area contributed by atoms with Gasteiger partial charge in [-0.1, -0.05) is 6.07 Å². The van der Waals surface area contributed by atoms with Gasteiger partial charge in [0.15, 0.2) is 11.5 Å². The van der Waals surface area contributed by atoms with Gasteiger partial charge in [0.05, 0.1) is 19.8 Å². The van der Waals surface area contributed by atoms with Crippen molar-refractivity contribution in [1.82, 2.24) is 9.97 Å². The zero-order valence-electron chi connectivity index (χ0n) is 13.4. The molecule has 0 bridgehead atoms. The molecule has 0 atom stereocenters. The van der Waals surface area contributed by atoms with Crippen molar-refractivity contribution in [1.29, 1.82) is 0 Å². The number of benzene rings is 2. The van der Waals surface area contributed by atoms with Gasteiger partial charge in [0.25, 0.3) is 0 Å². The van der Waals surface area contributed by atoms with Gasteiger partial charge in [-0.25, -0.2) is 9.97 Å². The molecule has 0 aliphatic heterocycles. The molecule has 3 rings (SSSR count). The van der Waals surface area contributed by atoms with Gasteiger partial charge >= 0.3 is 6.18 Å². The maximum Gasteiger partial charge on any atom is 0.416 e. The van der Waals surface area contributed by atoms with E-state index in [1.54, 1.807) is 12.1 Å². The Bertz CT molecular complexity index is 913. The van der Waals surface area contributed by atoms with Crippen molar-refractivity contribution in [3.8, 4) is 11.5 Å². The smallest absolute Gasteiger partial charge is 0.416 e. The summed E-state index contributed by atoms with van der Waals surface area (Å²) in [6.45, 7) is 0. The van der Waals surface area contributed by atoms with E-state index in [4.69, 9.17) is 9.47 Å². The van der Waals surface area contributed by atoms with Crippen LogP contribution in [0.1, 0.15) is 5.56 Å². The quantitative estimate of drug-likeness (QED) is 0.756. The zero-order valence-corrected chi connectivity index (χ0v) is 13.4. The van der Waals surface area contributed by atoms with Gasteiger partial charge in [-0.3, -0.25) is 0 Å². The Morgan fingerprint density at radius 1 is 1.00 bits per heavy atom. The lowest BCUT2D eigenvalue weighted by Gasteiger charge is -2.13. The Labute approximate surface area is 141 Å².